The molecule has 0 spiro atoms. The molecule has 0 bridgehead atoms. The van der Waals surface area contributed by atoms with Crippen LogP contribution >= 0.6 is 0 Å². The number of carbonyl (C=O) groups is 1. The van der Waals surface area contributed by atoms with Gasteiger partial charge in [0.25, 0.3) is 5.91 Å². The Hall–Kier alpha value is -2.63. The molecule has 0 atom stereocenters. The molecule has 5 nitrogen and oxygen atoms in total. The third kappa shape index (κ3) is 4.71. The van der Waals surface area contributed by atoms with E-state index >= 15 is 0 Å². The maximum absolute atomic E-state index is 11.2. The van der Waals surface area contributed by atoms with Gasteiger partial charge in [0.05, 0.1) is 0 Å². The fourth-order valence-corrected chi connectivity index (χ4v) is 3.33. The minimum atomic E-state index is -0.525. The number of benzene rings is 2. The van der Waals surface area contributed by atoms with Gasteiger partial charge in [-0.15, -0.1) is 0 Å². The molecule has 0 aromatic heterocycles. The van der Waals surface area contributed by atoms with Crippen molar-refractivity contribution in [3.05, 3.63) is 71.3 Å². The fourth-order valence-electron chi connectivity index (χ4n) is 3.33. The number of amides is 1. The minimum absolute atomic E-state index is 0.525. The number of nitrogens with zero attached hydrogens (tertiary/aromatic N) is 2. The Kier molecular flexibility index (Phi) is 6.04. The summed E-state index contributed by atoms with van der Waals surface area (Å²) in [6.45, 7) is 7.01. The molecule has 1 heterocycles. The highest BCUT2D eigenvalue weighted by Gasteiger charge is 2.18. The SMILES string of the molecule is Cc1cccc(CN2CCN(c3ccccc3/C=C/C(=O)NO)CC2)c1. The topological polar surface area (TPSA) is 55.8 Å². The molecule has 26 heavy (non-hydrogen) atoms. The van der Waals surface area contributed by atoms with Gasteiger partial charge in [-0.05, 0) is 30.2 Å². The highest BCUT2D eigenvalue weighted by atomic mass is 16.5. The molecule has 3 rings (SSSR count). The van der Waals surface area contributed by atoms with E-state index in [1.165, 1.54) is 17.2 Å². The smallest absolute Gasteiger partial charge is 0.267 e. The number of piperazine rings is 1. The molecule has 1 fully saturated rings. The lowest BCUT2D eigenvalue weighted by Gasteiger charge is -2.36. The second-order valence-corrected chi connectivity index (χ2v) is 6.62. The summed E-state index contributed by atoms with van der Waals surface area (Å²) in [5.41, 5.74) is 6.37. The lowest BCUT2D eigenvalue weighted by atomic mass is 10.1. The molecule has 2 aromatic carbocycles. The average Bonchev–Trinajstić information content (AvgIpc) is 2.67. The maximum Gasteiger partial charge on any atom is 0.267 e. The van der Waals surface area contributed by atoms with E-state index in [4.69, 9.17) is 5.21 Å². The van der Waals surface area contributed by atoms with Crippen LogP contribution in [0.3, 0.4) is 0 Å². The minimum Gasteiger partial charge on any atom is -0.368 e. The van der Waals surface area contributed by atoms with E-state index < -0.39 is 5.91 Å². The first kappa shape index (κ1) is 18.2. The van der Waals surface area contributed by atoms with Gasteiger partial charge in [0, 0.05) is 44.5 Å². The Morgan fingerprint density at radius 2 is 1.88 bits per heavy atom. The summed E-state index contributed by atoms with van der Waals surface area (Å²) in [7, 11) is 0. The Labute approximate surface area is 154 Å². The van der Waals surface area contributed by atoms with Gasteiger partial charge in [-0.2, -0.15) is 0 Å². The molecule has 1 aliphatic rings. The zero-order valence-electron chi connectivity index (χ0n) is 15.1. The normalized spacial score (nSPS) is 15.4. The van der Waals surface area contributed by atoms with Crippen molar-refractivity contribution in [2.75, 3.05) is 31.1 Å². The molecule has 1 saturated heterocycles. The summed E-state index contributed by atoms with van der Waals surface area (Å²) in [6, 6.07) is 16.7. The van der Waals surface area contributed by atoms with Gasteiger partial charge in [-0.1, -0.05) is 48.0 Å². The number of anilines is 1. The molecule has 0 saturated carbocycles. The largest absolute Gasteiger partial charge is 0.368 e. The summed E-state index contributed by atoms with van der Waals surface area (Å²) in [4.78, 5) is 16.1. The van der Waals surface area contributed by atoms with Crippen LogP contribution in [0, 0.1) is 6.92 Å². The van der Waals surface area contributed by atoms with E-state index in [-0.39, 0.29) is 0 Å². The number of carbonyl (C=O) groups excluding carboxylic acids is 1. The molecule has 2 N–H and O–H groups in total. The van der Waals surface area contributed by atoms with Gasteiger partial charge in [-0.25, -0.2) is 5.48 Å². The van der Waals surface area contributed by atoms with Crippen LogP contribution in [0.5, 0.6) is 0 Å². The lowest BCUT2D eigenvalue weighted by Crippen LogP contribution is -2.46. The zero-order valence-corrected chi connectivity index (χ0v) is 15.1. The average molecular weight is 351 g/mol. The number of hydrogen-bond donors (Lipinski definition) is 2. The van der Waals surface area contributed by atoms with Crippen molar-refractivity contribution in [3.8, 4) is 0 Å². The van der Waals surface area contributed by atoms with Crippen molar-refractivity contribution < 1.29 is 10.0 Å². The van der Waals surface area contributed by atoms with Crippen molar-refractivity contribution in [2.24, 2.45) is 0 Å². The standard InChI is InChI=1S/C21H25N3O2/c1-17-5-4-6-18(15-17)16-23-11-13-24(14-12-23)20-8-3-2-7-19(20)9-10-21(25)22-26/h2-10,15,26H,11-14,16H2,1H3,(H,22,25)/b10-9+. The number of nitrogens with one attached hydrogen (secondary N) is 1. The number of rotatable bonds is 5. The summed E-state index contributed by atoms with van der Waals surface area (Å²) in [6.07, 6.45) is 3.08. The van der Waals surface area contributed by atoms with Gasteiger partial charge in [-0.3, -0.25) is 14.9 Å². The van der Waals surface area contributed by atoms with Crippen LogP contribution in [0.2, 0.25) is 0 Å². The molecule has 2 aromatic rings. The number of hydrogen-bond acceptors (Lipinski definition) is 4. The van der Waals surface area contributed by atoms with Gasteiger partial charge in [0.1, 0.15) is 0 Å². The van der Waals surface area contributed by atoms with E-state index in [2.05, 4.69) is 47.1 Å². The Bertz CT molecular complexity index is 780. The molecule has 1 amide bonds. The van der Waals surface area contributed by atoms with Crippen LogP contribution in [0.15, 0.2) is 54.6 Å². The van der Waals surface area contributed by atoms with Gasteiger partial charge in [0.2, 0.25) is 0 Å². The molecular formula is C21H25N3O2. The van der Waals surface area contributed by atoms with Crippen LogP contribution in [0.25, 0.3) is 6.08 Å². The summed E-state index contributed by atoms with van der Waals surface area (Å²) in [5.74, 6) is -0.525. The molecule has 0 radical (unpaired) electrons. The summed E-state index contributed by atoms with van der Waals surface area (Å²) < 4.78 is 0. The predicted molar refractivity (Wildman–Crippen MR) is 104 cm³/mol. The van der Waals surface area contributed by atoms with Gasteiger partial charge >= 0.3 is 0 Å². The molecule has 5 heteroatoms. The van der Waals surface area contributed by atoms with Crippen molar-refractivity contribution >= 4 is 17.7 Å². The van der Waals surface area contributed by atoms with E-state index in [0.717, 1.165) is 44.0 Å². The van der Waals surface area contributed by atoms with E-state index in [1.54, 1.807) is 11.6 Å². The zero-order chi connectivity index (χ0) is 18.4. The Morgan fingerprint density at radius 1 is 1.12 bits per heavy atom. The number of hydroxylamine groups is 1. The first-order valence-corrected chi connectivity index (χ1v) is 8.90. The summed E-state index contributed by atoms with van der Waals surface area (Å²) in [5, 5.41) is 8.63. The second-order valence-electron chi connectivity index (χ2n) is 6.62. The third-order valence-corrected chi connectivity index (χ3v) is 4.66. The van der Waals surface area contributed by atoms with Crippen molar-refractivity contribution in [1.29, 1.82) is 0 Å². The van der Waals surface area contributed by atoms with E-state index in [0.29, 0.717) is 0 Å². The van der Waals surface area contributed by atoms with Crippen LogP contribution in [-0.2, 0) is 11.3 Å². The quantitative estimate of drug-likeness (QED) is 0.494. The molecule has 0 aliphatic carbocycles. The van der Waals surface area contributed by atoms with Crippen LogP contribution < -0.4 is 10.4 Å². The summed E-state index contributed by atoms with van der Waals surface area (Å²) >= 11 is 0. The molecular weight excluding hydrogens is 326 g/mol. The number of aryl methyl sites for hydroxylation is 1. The van der Waals surface area contributed by atoms with Crippen LogP contribution in [-0.4, -0.2) is 42.2 Å². The van der Waals surface area contributed by atoms with Crippen molar-refractivity contribution in [2.45, 2.75) is 13.5 Å². The highest BCUT2D eigenvalue weighted by molar-refractivity contribution is 5.91. The van der Waals surface area contributed by atoms with E-state index in [1.807, 2.05) is 18.2 Å². The van der Waals surface area contributed by atoms with Gasteiger partial charge in [0.15, 0.2) is 0 Å². The molecule has 1 aliphatic heterocycles. The first-order valence-electron chi connectivity index (χ1n) is 8.90. The maximum atomic E-state index is 11.2. The monoisotopic (exact) mass is 351 g/mol. The molecule has 136 valence electrons. The first-order chi connectivity index (χ1) is 12.7. The second kappa shape index (κ2) is 8.65. The van der Waals surface area contributed by atoms with Crippen LogP contribution in [0.4, 0.5) is 5.69 Å². The Morgan fingerprint density at radius 3 is 2.62 bits per heavy atom. The highest BCUT2D eigenvalue weighted by Crippen LogP contribution is 2.23. The van der Waals surface area contributed by atoms with Crippen molar-refractivity contribution in [3.63, 3.8) is 0 Å². The van der Waals surface area contributed by atoms with Crippen molar-refractivity contribution in [1.82, 2.24) is 10.4 Å². The Balaban J connectivity index is 1.63. The number of para-hydroxylation sites is 1. The predicted octanol–water partition coefficient (Wildman–Crippen LogP) is 2.84. The lowest BCUT2D eigenvalue weighted by molar-refractivity contribution is -0.124. The van der Waals surface area contributed by atoms with E-state index in [9.17, 15) is 4.79 Å². The molecule has 0 unspecified atom stereocenters. The fraction of sp³-hybridized carbons (Fsp3) is 0.286. The third-order valence-electron chi connectivity index (χ3n) is 4.66. The van der Waals surface area contributed by atoms with Gasteiger partial charge < -0.3 is 4.90 Å². The van der Waals surface area contributed by atoms with Crippen LogP contribution in [0.1, 0.15) is 16.7 Å².